The Kier molecular flexibility index (Phi) is 5.84. The van der Waals surface area contributed by atoms with E-state index in [0.29, 0.717) is 0 Å². The van der Waals surface area contributed by atoms with Crippen LogP contribution in [0.3, 0.4) is 0 Å². The minimum Gasteiger partial charge on any atom is -0.496 e. The molecule has 1 aromatic carbocycles. The molecular formula is C15H18Br2N2O2. The van der Waals surface area contributed by atoms with Crippen LogP contribution < -0.4 is 10.1 Å². The highest BCUT2D eigenvalue weighted by atomic mass is 79.9. The molecule has 1 amide bonds. The van der Waals surface area contributed by atoms with Crippen LogP contribution in [-0.2, 0) is 4.79 Å². The number of ether oxygens (including phenoxy) is 1. The van der Waals surface area contributed by atoms with Crippen LogP contribution in [0.1, 0.15) is 18.4 Å². The summed E-state index contributed by atoms with van der Waals surface area (Å²) in [5.41, 5.74) is 0.940. The summed E-state index contributed by atoms with van der Waals surface area (Å²) < 4.78 is 7.08. The number of methoxy groups -OCH3 is 1. The zero-order valence-electron chi connectivity index (χ0n) is 12.0. The van der Waals surface area contributed by atoms with Gasteiger partial charge in [0.05, 0.1) is 17.6 Å². The van der Waals surface area contributed by atoms with Gasteiger partial charge in [-0.05, 0) is 66.1 Å². The lowest BCUT2D eigenvalue weighted by molar-refractivity contribution is -0.124. The largest absolute Gasteiger partial charge is 0.496 e. The van der Waals surface area contributed by atoms with E-state index in [1.54, 1.807) is 13.3 Å². The average molecular weight is 418 g/mol. The predicted octanol–water partition coefficient (Wildman–Crippen LogP) is 3.40. The Balaban J connectivity index is 2.03. The summed E-state index contributed by atoms with van der Waals surface area (Å²) >= 11 is 6.93. The maximum atomic E-state index is 12.1. The molecule has 4 nitrogen and oxygen atoms in total. The molecule has 6 heteroatoms. The minimum atomic E-state index is -0.0162. The van der Waals surface area contributed by atoms with Crippen LogP contribution in [0.25, 0.3) is 6.08 Å². The Bertz CT molecular complexity index is 561. The Morgan fingerprint density at radius 2 is 2.19 bits per heavy atom. The molecule has 1 aliphatic heterocycles. The summed E-state index contributed by atoms with van der Waals surface area (Å²) in [6, 6.07) is 3.81. The van der Waals surface area contributed by atoms with Crippen molar-refractivity contribution in [2.75, 3.05) is 20.7 Å². The van der Waals surface area contributed by atoms with Crippen molar-refractivity contribution in [2.45, 2.75) is 18.9 Å². The Morgan fingerprint density at radius 3 is 2.81 bits per heavy atom. The fourth-order valence-electron chi connectivity index (χ4n) is 2.38. The van der Waals surface area contributed by atoms with E-state index in [4.69, 9.17) is 4.74 Å². The van der Waals surface area contributed by atoms with E-state index in [2.05, 4.69) is 42.1 Å². The second kappa shape index (κ2) is 7.42. The molecule has 21 heavy (non-hydrogen) atoms. The fourth-order valence-corrected chi connectivity index (χ4v) is 3.67. The van der Waals surface area contributed by atoms with Crippen LogP contribution in [0.2, 0.25) is 0 Å². The predicted molar refractivity (Wildman–Crippen MR) is 91.2 cm³/mol. The SMILES string of the molecule is COc1cc(/C=C\NC(=O)C2CCCN2C)c(Br)cc1Br. The van der Waals surface area contributed by atoms with Crippen LogP contribution in [0.4, 0.5) is 0 Å². The molecule has 1 aliphatic rings. The van der Waals surface area contributed by atoms with Crippen molar-refractivity contribution in [3.8, 4) is 5.75 Å². The van der Waals surface area contributed by atoms with Crippen LogP contribution in [0.15, 0.2) is 27.3 Å². The maximum absolute atomic E-state index is 12.1. The van der Waals surface area contributed by atoms with Gasteiger partial charge in [0.15, 0.2) is 0 Å². The molecule has 0 bridgehead atoms. The Morgan fingerprint density at radius 1 is 1.43 bits per heavy atom. The summed E-state index contributed by atoms with van der Waals surface area (Å²) in [4.78, 5) is 14.1. The van der Waals surface area contributed by atoms with Crippen molar-refractivity contribution in [3.63, 3.8) is 0 Å². The highest BCUT2D eigenvalue weighted by Crippen LogP contribution is 2.32. The number of rotatable bonds is 4. The van der Waals surface area contributed by atoms with E-state index >= 15 is 0 Å². The topological polar surface area (TPSA) is 41.6 Å². The average Bonchev–Trinajstić information content (AvgIpc) is 2.87. The lowest BCUT2D eigenvalue weighted by Crippen LogP contribution is -2.39. The van der Waals surface area contributed by atoms with Crippen LogP contribution in [0.5, 0.6) is 5.75 Å². The van der Waals surface area contributed by atoms with Gasteiger partial charge in [0, 0.05) is 10.7 Å². The summed E-state index contributed by atoms with van der Waals surface area (Å²) in [5.74, 6) is 0.797. The lowest BCUT2D eigenvalue weighted by atomic mass is 10.2. The highest BCUT2D eigenvalue weighted by Gasteiger charge is 2.26. The third kappa shape index (κ3) is 4.08. The number of hydrogen-bond acceptors (Lipinski definition) is 3. The standard InChI is InChI=1S/C15H18Br2N2O2/c1-19-7-3-4-13(19)15(20)18-6-5-10-8-14(21-2)12(17)9-11(10)16/h5-6,8-9,13H,3-4,7H2,1-2H3,(H,18,20)/b6-5-. The monoisotopic (exact) mass is 416 g/mol. The van der Waals surface area contributed by atoms with Gasteiger partial charge in [-0.25, -0.2) is 0 Å². The molecule has 1 fully saturated rings. The van der Waals surface area contributed by atoms with Gasteiger partial charge in [-0.3, -0.25) is 9.69 Å². The first-order chi connectivity index (χ1) is 10.0. The first-order valence-electron chi connectivity index (χ1n) is 6.73. The molecule has 1 unspecified atom stereocenters. The molecule has 0 radical (unpaired) electrons. The van der Waals surface area contributed by atoms with Gasteiger partial charge < -0.3 is 10.1 Å². The van der Waals surface area contributed by atoms with E-state index in [-0.39, 0.29) is 11.9 Å². The highest BCUT2D eigenvalue weighted by molar-refractivity contribution is 9.11. The fraction of sp³-hybridized carbons (Fsp3) is 0.400. The molecule has 0 spiro atoms. The molecule has 1 atom stereocenters. The number of nitrogens with zero attached hydrogens (tertiary/aromatic N) is 1. The summed E-state index contributed by atoms with van der Waals surface area (Å²) in [5, 5.41) is 2.85. The minimum absolute atomic E-state index is 0.0162. The quantitative estimate of drug-likeness (QED) is 0.816. The number of benzene rings is 1. The second-order valence-corrected chi connectivity index (χ2v) is 6.70. The number of hydrogen-bond donors (Lipinski definition) is 1. The number of amides is 1. The zero-order valence-corrected chi connectivity index (χ0v) is 15.2. The van der Waals surface area contributed by atoms with E-state index in [1.165, 1.54) is 0 Å². The summed E-state index contributed by atoms with van der Waals surface area (Å²) in [6.07, 6.45) is 5.54. The number of likely N-dealkylation sites (tertiary alicyclic amines) is 1. The molecule has 0 saturated carbocycles. The number of carbonyl (C=O) groups is 1. The van der Waals surface area contributed by atoms with Gasteiger partial charge in [0.25, 0.3) is 0 Å². The van der Waals surface area contributed by atoms with Gasteiger partial charge in [-0.1, -0.05) is 15.9 Å². The van der Waals surface area contributed by atoms with Gasteiger partial charge in [-0.15, -0.1) is 0 Å². The third-order valence-electron chi connectivity index (χ3n) is 3.58. The number of halogens is 2. The van der Waals surface area contributed by atoms with Crippen molar-refractivity contribution >= 4 is 43.8 Å². The number of likely N-dealkylation sites (N-methyl/N-ethyl adjacent to an activating group) is 1. The first kappa shape index (κ1) is 16.5. The molecule has 0 aromatic heterocycles. The maximum Gasteiger partial charge on any atom is 0.241 e. The zero-order chi connectivity index (χ0) is 15.4. The smallest absolute Gasteiger partial charge is 0.241 e. The van der Waals surface area contributed by atoms with Crippen molar-refractivity contribution < 1.29 is 9.53 Å². The van der Waals surface area contributed by atoms with E-state index in [1.807, 2.05) is 25.3 Å². The molecule has 1 saturated heterocycles. The molecule has 1 aromatic rings. The Labute approximate surface area is 141 Å². The number of carbonyl (C=O) groups excluding carboxylic acids is 1. The molecule has 1 heterocycles. The van der Waals surface area contributed by atoms with E-state index < -0.39 is 0 Å². The second-order valence-electron chi connectivity index (χ2n) is 4.99. The molecule has 2 rings (SSSR count). The summed E-state index contributed by atoms with van der Waals surface area (Å²) in [7, 11) is 3.61. The van der Waals surface area contributed by atoms with Crippen molar-refractivity contribution in [1.29, 1.82) is 0 Å². The van der Waals surface area contributed by atoms with Gasteiger partial charge in [-0.2, -0.15) is 0 Å². The molecule has 0 aliphatic carbocycles. The van der Waals surface area contributed by atoms with Crippen LogP contribution in [-0.4, -0.2) is 37.6 Å². The molecular weight excluding hydrogens is 400 g/mol. The first-order valence-corrected chi connectivity index (χ1v) is 8.31. The number of nitrogens with one attached hydrogen (secondary N) is 1. The van der Waals surface area contributed by atoms with Crippen molar-refractivity contribution in [3.05, 3.63) is 32.8 Å². The summed E-state index contributed by atoms with van der Waals surface area (Å²) in [6.45, 7) is 0.983. The van der Waals surface area contributed by atoms with E-state index in [9.17, 15) is 4.79 Å². The van der Waals surface area contributed by atoms with Gasteiger partial charge >= 0.3 is 0 Å². The van der Waals surface area contributed by atoms with Gasteiger partial charge in [0.2, 0.25) is 5.91 Å². The van der Waals surface area contributed by atoms with Gasteiger partial charge in [0.1, 0.15) is 5.75 Å². The van der Waals surface area contributed by atoms with Crippen molar-refractivity contribution in [2.24, 2.45) is 0 Å². The molecule has 1 N–H and O–H groups in total. The van der Waals surface area contributed by atoms with Crippen molar-refractivity contribution in [1.82, 2.24) is 10.2 Å². The van der Waals surface area contributed by atoms with Crippen LogP contribution >= 0.6 is 31.9 Å². The Hall–Kier alpha value is -0.850. The molecule has 114 valence electrons. The normalized spacial score (nSPS) is 19.1. The van der Waals surface area contributed by atoms with E-state index in [0.717, 1.165) is 39.6 Å². The van der Waals surface area contributed by atoms with Crippen LogP contribution in [0, 0.1) is 0 Å². The third-order valence-corrected chi connectivity index (χ3v) is 4.89. The lowest BCUT2D eigenvalue weighted by Gasteiger charge is -2.17.